The molecule has 1 aliphatic rings. The number of hydrogen-bond donors (Lipinski definition) is 1. The van der Waals surface area contributed by atoms with Crippen molar-refractivity contribution in [1.82, 2.24) is 20.2 Å². The minimum Gasteiger partial charge on any atom is -0.459 e. The van der Waals surface area contributed by atoms with Crippen molar-refractivity contribution in [3.8, 4) is 11.3 Å². The summed E-state index contributed by atoms with van der Waals surface area (Å²) in [6.07, 6.45) is 5.31. The summed E-state index contributed by atoms with van der Waals surface area (Å²) in [4.78, 5) is 21.4. The van der Waals surface area contributed by atoms with E-state index in [4.69, 9.17) is 16.6 Å². The topological polar surface area (TPSA) is 97.3 Å². The Bertz CT molecular complexity index is 1280. The molecular weight excluding hydrogens is 438 g/mol. The number of rotatable bonds is 6. The molecule has 0 spiro atoms. The van der Waals surface area contributed by atoms with Gasteiger partial charge in [-0.15, -0.1) is 0 Å². The zero-order valence-electron chi connectivity index (χ0n) is 17.4. The van der Waals surface area contributed by atoms with Gasteiger partial charge in [-0.05, 0) is 60.2 Å². The third kappa shape index (κ3) is 4.18. The third-order valence-electron chi connectivity index (χ3n) is 5.55. The van der Waals surface area contributed by atoms with Crippen LogP contribution >= 0.6 is 12.2 Å². The Hall–Kier alpha value is -4.11. The first kappa shape index (κ1) is 20.8. The molecule has 0 amide bonds. The Labute approximate surface area is 195 Å². The van der Waals surface area contributed by atoms with Crippen LogP contribution in [0.3, 0.4) is 0 Å². The normalized spacial score (nSPS) is 17.7. The van der Waals surface area contributed by atoms with Crippen LogP contribution in [0.15, 0.2) is 89.7 Å². The molecule has 1 saturated heterocycles. The molecule has 1 fully saturated rings. The molecule has 0 aliphatic carbocycles. The van der Waals surface area contributed by atoms with Crippen LogP contribution in [0, 0.1) is 10.1 Å². The largest absolute Gasteiger partial charge is 0.459 e. The van der Waals surface area contributed by atoms with E-state index in [1.165, 1.54) is 12.1 Å². The predicted octanol–water partition coefficient (Wildman–Crippen LogP) is 4.82. The molecule has 33 heavy (non-hydrogen) atoms. The zero-order valence-corrected chi connectivity index (χ0v) is 18.2. The summed E-state index contributed by atoms with van der Waals surface area (Å²) < 4.78 is 6.27. The van der Waals surface area contributed by atoms with Crippen molar-refractivity contribution in [1.29, 1.82) is 0 Å². The summed E-state index contributed by atoms with van der Waals surface area (Å²) in [6.45, 7) is 0.557. The molecule has 0 unspecified atom stereocenters. The minimum atomic E-state index is -0.420. The maximum Gasteiger partial charge on any atom is 0.269 e. The summed E-state index contributed by atoms with van der Waals surface area (Å²) in [5.41, 5.74) is 2.67. The molecule has 4 heterocycles. The number of nitrogens with zero attached hydrogens (tertiary/aromatic N) is 4. The summed E-state index contributed by atoms with van der Waals surface area (Å²) in [5, 5.41) is 15.0. The fraction of sp³-hybridized carbons (Fsp3) is 0.125. The lowest BCUT2D eigenvalue weighted by molar-refractivity contribution is -0.384. The standard InChI is InChI=1S/C24H19N5O3S/c30-29(31)18-8-6-17(7-9-18)20-10-11-21(32-20)23-22(19-5-1-2-13-26-19)27-24(33)28(23)15-16-4-3-12-25-14-16/h1-14,22-23H,15H2,(H,27,33)/t22-,23+/m0/s1. The Kier molecular flexibility index (Phi) is 5.54. The monoisotopic (exact) mass is 457 g/mol. The highest BCUT2D eigenvalue weighted by Crippen LogP contribution is 2.41. The number of benzene rings is 1. The number of thiocarbonyl (C=S) groups is 1. The van der Waals surface area contributed by atoms with Gasteiger partial charge in [-0.2, -0.15) is 0 Å². The van der Waals surface area contributed by atoms with Crippen molar-refractivity contribution in [3.05, 3.63) is 112 Å². The van der Waals surface area contributed by atoms with Gasteiger partial charge >= 0.3 is 0 Å². The van der Waals surface area contributed by atoms with Gasteiger partial charge in [0, 0.05) is 42.8 Å². The summed E-state index contributed by atoms with van der Waals surface area (Å²) >= 11 is 5.69. The van der Waals surface area contributed by atoms with E-state index in [1.54, 1.807) is 24.5 Å². The van der Waals surface area contributed by atoms with Crippen LogP contribution < -0.4 is 5.32 Å². The van der Waals surface area contributed by atoms with Crippen molar-refractivity contribution in [2.75, 3.05) is 0 Å². The smallest absolute Gasteiger partial charge is 0.269 e. The number of hydrogen-bond acceptors (Lipinski definition) is 6. The average Bonchev–Trinajstić information content (AvgIpc) is 3.45. The Morgan fingerprint density at radius 2 is 1.91 bits per heavy atom. The highest BCUT2D eigenvalue weighted by Gasteiger charge is 2.41. The molecule has 9 heteroatoms. The predicted molar refractivity (Wildman–Crippen MR) is 126 cm³/mol. The van der Waals surface area contributed by atoms with Gasteiger partial charge in [-0.3, -0.25) is 20.1 Å². The van der Waals surface area contributed by atoms with Crippen LogP contribution in [0.4, 0.5) is 5.69 Å². The quantitative estimate of drug-likeness (QED) is 0.250. The second kappa shape index (κ2) is 8.79. The van der Waals surface area contributed by atoms with E-state index in [-0.39, 0.29) is 17.8 Å². The molecule has 3 aromatic heterocycles. The Morgan fingerprint density at radius 3 is 2.61 bits per heavy atom. The molecular formula is C24H19N5O3S. The number of non-ortho nitro benzene ring substituents is 1. The van der Waals surface area contributed by atoms with E-state index in [0.29, 0.717) is 17.4 Å². The van der Waals surface area contributed by atoms with E-state index in [2.05, 4.69) is 20.2 Å². The molecule has 0 radical (unpaired) electrons. The maximum absolute atomic E-state index is 11.0. The molecule has 0 bridgehead atoms. The lowest BCUT2D eigenvalue weighted by Gasteiger charge is -2.26. The molecule has 8 nitrogen and oxygen atoms in total. The van der Waals surface area contributed by atoms with Gasteiger partial charge in [-0.25, -0.2) is 0 Å². The second-order valence-corrected chi connectivity index (χ2v) is 8.01. The molecule has 0 saturated carbocycles. The van der Waals surface area contributed by atoms with Crippen LogP contribution in [-0.2, 0) is 6.54 Å². The molecule has 164 valence electrons. The van der Waals surface area contributed by atoms with E-state index in [0.717, 1.165) is 22.6 Å². The van der Waals surface area contributed by atoms with Gasteiger partial charge in [0.05, 0.1) is 16.7 Å². The number of nitrogens with one attached hydrogen (secondary N) is 1. The highest BCUT2D eigenvalue weighted by atomic mass is 32.1. The summed E-state index contributed by atoms with van der Waals surface area (Å²) in [6, 6.07) is 19.3. The SMILES string of the molecule is O=[N+]([O-])c1ccc(-c2ccc([C@@H]3[C@H](c4ccccn4)NC(=S)N3Cc3cccnc3)o2)cc1. The second-order valence-electron chi connectivity index (χ2n) is 7.62. The van der Waals surface area contributed by atoms with Crippen LogP contribution in [0.5, 0.6) is 0 Å². The number of pyridine rings is 2. The van der Waals surface area contributed by atoms with Crippen LogP contribution in [0.25, 0.3) is 11.3 Å². The Morgan fingerprint density at radius 1 is 1.06 bits per heavy atom. The fourth-order valence-electron chi connectivity index (χ4n) is 3.99. The van der Waals surface area contributed by atoms with E-state index < -0.39 is 4.92 Å². The van der Waals surface area contributed by atoms with Crippen LogP contribution in [0.2, 0.25) is 0 Å². The number of nitro groups is 1. The number of aromatic nitrogens is 2. The van der Waals surface area contributed by atoms with Crippen molar-refractivity contribution >= 4 is 23.0 Å². The first-order valence-electron chi connectivity index (χ1n) is 10.3. The molecule has 4 aromatic rings. The average molecular weight is 458 g/mol. The van der Waals surface area contributed by atoms with E-state index in [1.807, 2.05) is 48.7 Å². The van der Waals surface area contributed by atoms with Crippen molar-refractivity contribution < 1.29 is 9.34 Å². The molecule has 1 aliphatic heterocycles. The zero-order chi connectivity index (χ0) is 22.8. The molecule has 5 rings (SSSR count). The summed E-state index contributed by atoms with van der Waals surface area (Å²) in [7, 11) is 0. The summed E-state index contributed by atoms with van der Waals surface area (Å²) in [5.74, 6) is 1.34. The van der Waals surface area contributed by atoms with Gasteiger partial charge in [0.2, 0.25) is 0 Å². The van der Waals surface area contributed by atoms with Crippen molar-refractivity contribution in [2.24, 2.45) is 0 Å². The number of nitro benzene ring substituents is 1. The van der Waals surface area contributed by atoms with E-state index in [9.17, 15) is 10.1 Å². The van der Waals surface area contributed by atoms with Crippen molar-refractivity contribution in [2.45, 2.75) is 18.6 Å². The van der Waals surface area contributed by atoms with Gasteiger partial charge in [-0.1, -0.05) is 12.1 Å². The maximum atomic E-state index is 11.0. The van der Waals surface area contributed by atoms with Gasteiger partial charge in [0.1, 0.15) is 17.6 Å². The lowest BCUT2D eigenvalue weighted by atomic mass is 10.0. The fourth-order valence-corrected chi connectivity index (χ4v) is 4.29. The van der Waals surface area contributed by atoms with Gasteiger partial charge < -0.3 is 14.6 Å². The first-order valence-corrected chi connectivity index (χ1v) is 10.7. The van der Waals surface area contributed by atoms with Gasteiger partial charge in [0.25, 0.3) is 5.69 Å². The van der Waals surface area contributed by atoms with Gasteiger partial charge in [0.15, 0.2) is 5.11 Å². The molecule has 1 N–H and O–H groups in total. The highest BCUT2D eigenvalue weighted by molar-refractivity contribution is 7.80. The van der Waals surface area contributed by atoms with Crippen molar-refractivity contribution in [3.63, 3.8) is 0 Å². The minimum absolute atomic E-state index is 0.0359. The van der Waals surface area contributed by atoms with E-state index >= 15 is 0 Å². The third-order valence-corrected chi connectivity index (χ3v) is 5.91. The molecule has 2 atom stereocenters. The molecule has 1 aromatic carbocycles. The number of furan rings is 1. The van der Waals surface area contributed by atoms with Crippen LogP contribution in [-0.4, -0.2) is 24.9 Å². The Balaban J connectivity index is 1.51. The first-order chi connectivity index (χ1) is 16.1. The van der Waals surface area contributed by atoms with Crippen LogP contribution in [0.1, 0.15) is 29.1 Å². The lowest BCUT2D eigenvalue weighted by Crippen LogP contribution is -2.29.